The van der Waals surface area contributed by atoms with Crippen LogP contribution < -0.4 is 11.5 Å². The molecule has 0 aromatic carbocycles. The normalized spacial score (nSPS) is 40.9. The number of aliphatic hydroxyl groups excluding tert-OH is 1. The maximum absolute atomic E-state index is 14.3. The van der Waals surface area contributed by atoms with Crippen LogP contribution in [0.25, 0.3) is 0 Å². The van der Waals surface area contributed by atoms with E-state index < -0.39 is 59.0 Å². The molecule has 5 N–H and O–H groups in total. The summed E-state index contributed by atoms with van der Waals surface area (Å²) >= 11 is 0. The van der Waals surface area contributed by atoms with Gasteiger partial charge >= 0.3 is 11.9 Å². The number of Topliss-reactive ketones (excluding diaryl/α,β-unsaturated/α-hetero) is 1. The summed E-state index contributed by atoms with van der Waals surface area (Å²) in [6.07, 6.45) is 1.90. The molecule has 0 aromatic heterocycles. The molecule has 0 aliphatic heterocycles. The van der Waals surface area contributed by atoms with Crippen LogP contribution in [-0.2, 0) is 28.6 Å². The predicted molar refractivity (Wildman–Crippen MR) is 136 cm³/mol. The summed E-state index contributed by atoms with van der Waals surface area (Å²) in [4.78, 5) is 39.5. The molecule has 0 unspecified atom stereocenters. The Balaban J connectivity index is 1.87. The van der Waals surface area contributed by atoms with Gasteiger partial charge in [0.2, 0.25) is 0 Å². The second kappa shape index (κ2) is 10.1. The fourth-order valence-corrected chi connectivity index (χ4v) is 8.75. The fourth-order valence-electron chi connectivity index (χ4n) is 8.75. The highest BCUT2D eigenvalue weighted by atomic mass is 16.6. The molecule has 2 bridgehead atoms. The van der Waals surface area contributed by atoms with E-state index in [0.29, 0.717) is 37.8 Å². The van der Waals surface area contributed by atoms with Crippen molar-refractivity contribution in [3.63, 3.8) is 0 Å². The zero-order valence-electron chi connectivity index (χ0n) is 22.7. The van der Waals surface area contributed by atoms with Crippen LogP contribution in [0.1, 0.15) is 65.7 Å². The summed E-state index contributed by atoms with van der Waals surface area (Å²) < 4.78 is 17.9. The van der Waals surface area contributed by atoms with Crippen molar-refractivity contribution < 1.29 is 33.7 Å². The van der Waals surface area contributed by atoms with Gasteiger partial charge in [0.15, 0.2) is 5.78 Å². The number of carbonyl (C=O) groups excluding carboxylic acids is 3. The van der Waals surface area contributed by atoms with Crippen molar-refractivity contribution in [3.8, 4) is 0 Å². The van der Waals surface area contributed by atoms with Gasteiger partial charge in [-0.2, -0.15) is 0 Å². The van der Waals surface area contributed by atoms with Crippen molar-refractivity contribution in [3.05, 3.63) is 12.2 Å². The predicted octanol–water partition coefficient (Wildman–Crippen LogP) is 1.88. The lowest BCUT2D eigenvalue weighted by Gasteiger charge is -2.67. The molecule has 4 rings (SSSR count). The summed E-state index contributed by atoms with van der Waals surface area (Å²) in [6.45, 7) is 10.4. The average molecular weight is 521 g/mol. The summed E-state index contributed by atoms with van der Waals surface area (Å²) in [5.74, 6) is -2.35. The third-order valence-corrected chi connectivity index (χ3v) is 10.2. The first-order valence-corrected chi connectivity index (χ1v) is 13.6. The van der Waals surface area contributed by atoms with E-state index in [4.69, 9.17) is 25.7 Å². The summed E-state index contributed by atoms with van der Waals surface area (Å²) in [5.41, 5.74) is 9.93. The van der Waals surface area contributed by atoms with Crippen LogP contribution in [0.4, 0.5) is 0 Å². The van der Waals surface area contributed by atoms with Crippen LogP contribution in [0.3, 0.4) is 0 Å². The van der Waals surface area contributed by atoms with Crippen molar-refractivity contribution in [2.45, 2.75) is 90.1 Å². The van der Waals surface area contributed by atoms with E-state index in [2.05, 4.69) is 20.4 Å². The van der Waals surface area contributed by atoms with Gasteiger partial charge in [-0.05, 0) is 62.0 Å². The first kappa shape index (κ1) is 28.2. The van der Waals surface area contributed by atoms with Crippen molar-refractivity contribution >= 4 is 17.7 Å². The number of nitrogens with two attached hydrogens (primary N) is 2. The lowest BCUT2D eigenvalue weighted by Crippen LogP contribution is -2.72. The van der Waals surface area contributed by atoms with E-state index in [1.807, 2.05) is 0 Å². The van der Waals surface area contributed by atoms with Gasteiger partial charge < -0.3 is 30.8 Å². The standard InChI is InChI=1S/C28H44N2O7/c1-15-17-12-19(32)22-27(14-36-16(2)31)10-7-9-26(3,4)20(27)13-21(35-5)28(22,23(15)33)24(17)37-25(34)18(30)8-6-11-29/h17-22,24,32H,1,6-14,29-30H2,2-5H3/t17-,18-,19-,20+,21+,22-,24+,27-,28+/m0/s1. The molecule has 9 heteroatoms. The lowest BCUT2D eigenvalue weighted by molar-refractivity contribution is -0.272. The number of ketones is 1. The van der Waals surface area contributed by atoms with E-state index in [9.17, 15) is 19.5 Å². The minimum absolute atomic E-state index is 0.0182. The zero-order chi connectivity index (χ0) is 27.3. The molecule has 9 atom stereocenters. The Morgan fingerprint density at radius 3 is 2.57 bits per heavy atom. The summed E-state index contributed by atoms with van der Waals surface area (Å²) in [7, 11) is 1.57. The maximum atomic E-state index is 14.3. The van der Waals surface area contributed by atoms with E-state index in [0.717, 1.165) is 12.8 Å². The van der Waals surface area contributed by atoms with Gasteiger partial charge in [-0.1, -0.05) is 26.8 Å². The number of methoxy groups -OCH3 is 1. The first-order chi connectivity index (χ1) is 17.4. The van der Waals surface area contributed by atoms with Crippen LogP contribution in [-0.4, -0.2) is 67.4 Å². The number of hydrogen-bond donors (Lipinski definition) is 3. The van der Waals surface area contributed by atoms with Gasteiger partial charge in [0.1, 0.15) is 17.6 Å². The molecule has 0 heterocycles. The Morgan fingerprint density at radius 2 is 1.95 bits per heavy atom. The molecule has 208 valence electrons. The van der Waals surface area contributed by atoms with Crippen LogP contribution in [0, 0.1) is 34.0 Å². The third-order valence-electron chi connectivity index (χ3n) is 10.2. The second-order valence-electron chi connectivity index (χ2n) is 12.4. The zero-order valence-corrected chi connectivity index (χ0v) is 22.7. The number of ether oxygens (including phenoxy) is 3. The fraction of sp³-hybridized carbons (Fsp3) is 0.821. The molecule has 0 aromatic rings. The van der Waals surface area contributed by atoms with Crippen LogP contribution in [0.15, 0.2) is 12.2 Å². The highest BCUT2D eigenvalue weighted by molar-refractivity contribution is 6.05. The van der Waals surface area contributed by atoms with Crippen LogP contribution >= 0.6 is 0 Å². The van der Waals surface area contributed by atoms with E-state index in [-0.39, 0.29) is 30.1 Å². The molecule has 4 aliphatic carbocycles. The minimum atomic E-state index is -1.33. The second-order valence-corrected chi connectivity index (χ2v) is 12.4. The van der Waals surface area contributed by atoms with Gasteiger partial charge in [-0.15, -0.1) is 0 Å². The quantitative estimate of drug-likeness (QED) is 0.322. The number of carbonyl (C=O) groups is 3. The Labute approximate surface area is 219 Å². The minimum Gasteiger partial charge on any atom is -0.465 e. The molecule has 4 saturated carbocycles. The molecular weight excluding hydrogens is 476 g/mol. The smallest absolute Gasteiger partial charge is 0.323 e. The topological polar surface area (TPSA) is 151 Å². The van der Waals surface area contributed by atoms with Crippen molar-refractivity contribution in [1.29, 1.82) is 0 Å². The molecule has 0 saturated heterocycles. The number of esters is 2. The number of hydrogen-bond acceptors (Lipinski definition) is 9. The molecular formula is C28H44N2O7. The molecule has 0 amide bonds. The molecule has 9 nitrogen and oxygen atoms in total. The molecule has 4 aliphatic rings. The Morgan fingerprint density at radius 1 is 1.24 bits per heavy atom. The molecule has 37 heavy (non-hydrogen) atoms. The van der Waals surface area contributed by atoms with E-state index in [1.54, 1.807) is 7.11 Å². The van der Waals surface area contributed by atoms with Gasteiger partial charge in [-0.25, -0.2) is 0 Å². The summed E-state index contributed by atoms with van der Waals surface area (Å²) in [5, 5.41) is 11.8. The monoisotopic (exact) mass is 520 g/mol. The molecule has 0 radical (unpaired) electrons. The first-order valence-electron chi connectivity index (χ1n) is 13.6. The van der Waals surface area contributed by atoms with E-state index >= 15 is 0 Å². The maximum Gasteiger partial charge on any atom is 0.323 e. The highest BCUT2D eigenvalue weighted by Crippen LogP contribution is 2.72. The van der Waals surface area contributed by atoms with Gasteiger partial charge in [0.05, 0.1) is 18.8 Å². The Bertz CT molecular complexity index is 951. The Kier molecular flexibility index (Phi) is 7.67. The SMILES string of the molecule is C=C1C(=O)[C@]23[C@H](OC(=O)[C@@H](N)CCCN)[C@H]1C[C@H](O)[C@H]2[C@]1(COC(C)=O)CCCC(C)(C)[C@H]1C[C@H]3OC. The largest absolute Gasteiger partial charge is 0.465 e. The van der Waals surface area contributed by atoms with Crippen molar-refractivity contribution in [2.75, 3.05) is 20.3 Å². The van der Waals surface area contributed by atoms with Crippen LogP contribution in [0.5, 0.6) is 0 Å². The molecule has 1 spiro atoms. The van der Waals surface area contributed by atoms with Gasteiger partial charge in [0, 0.05) is 31.3 Å². The average Bonchev–Trinajstić information content (AvgIpc) is 2.97. The molecule has 4 fully saturated rings. The van der Waals surface area contributed by atoms with Crippen molar-refractivity contribution in [2.24, 2.45) is 45.5 Å². The Hall–Kier alpha value is -1.81. The van der Waals surface area contributed by atoms with E-state index in [1.165, 1.54) is 6.92 Å². The third kappa shape index (κ3) is 4.17. The number of rotatable bonds is 8. The number of aliphatic hydroxyl groups is 1. The summed E-state index contributed by atoms with van der Waals surface area (Å²) in [6, 6.07) is -0.867. The van der Waals surface area contributed by atoms with Crippen molar-refractivity contribution in [1.82, 2.24) is 0 Å². The van der Waals surface area contributed by atoms with Crippen LogP contribution in [0.2, 0.25) is 0 Å². The highest BCUT2D eigenvalue weighted by Gasteiger charge is 2.78. The lowest BCUT2D eigenvalue weighted by atomic mass is 9.39. The van der Waals surface area contributed by atoms with Gasteiger partial charge in [-0.3, -0.25) is 14.4 Å². The van der Waals surface area contributed by atoms with Gasteiger partial charge in [0.25, 0.3) is 0 Å². The number of fused-ring (bicyclic) bond motifs is 3.